The summed E-state index contributed by atoms with van der Waals surface area (Å²) in [7, 11) is -3.32. The van der Waals surface area contributed by atoms with Crippen LogP contribution in [0.3, 0.4) is 0 Å². The number of rotatable bonds is 5. The van der Waals surface area contributed by atoms with Crippen molar-refractivity contribution in [1.82, 2.24) is 0 Å². The fraction of sp³-hybridized carbons (Fsp3) is 0.538. The summed E-state index contributed by atoms with van der Waals surface area (Å²) in [6, 6.07) is 7.25. The lowest BCUT2D eigenvalue weighted by molar-refractivity contribution is 0.575. The van der Waals surface area contributed by atoms with Gasteiger partial charge in [-0.05, 0) is 45.4 Å². The average molecular weight is 270 g/mol. The molecule has 102 valence electrons. The van der Waals surface area contributed by atoms with Crippen molar-refractivity contribution in [3.05, 3.63) is 29.8 Å². The van der Waals surface area contributed by atoms with Gasteiger partial charge in [-0.3, -0.25) is 4.31 Å². The maximum Gasteiger partial charge on any atom is 0.237 e. The Balaban J connectivity index is 3.29. The van der Waals surface area contributed by atoms with Crippen LogP contribution in [0.15, 0.2) is 24.3 Å². The fourth-order valence-corrected chi connectivity index (χ4v) is 3.24. The number of sulfonamides is 1. The number of hydrogen-bond acceptors (Lipinski definition) is 3. The second kappa shape index (κ2) is 5.71. The summed E-state index contributed by atoms with van der Waals surface area (Å²) >= 11 is 0. The van der Waals surface area contributed by atoms with Crippen LogP contribution in [0, 0.1) is 0 Å². The van der Waals surface area contributed by atoms with E-state index in [1.807, 2.05) is 32.0 Å². The Morgan fingerprint density at radius 1 is 1.22 bits per heavy atom. The first-order chi connectivity index (χ1) is 8.30. The molecule has 1 rings (SSSR count). The van der Waals surface area contributed by atoms with Crippen LogP contribution in [0.4, 0.5) is 5.69 Å². The van der Waals surface area contributed by atoms with E-state index < -0.39 is 15.3 Å². The predicted molar refractivity (Wildman–Crippen MR) is 76.0 cm³/mol. The Kier molecular flexibility index (Phi) is 4.76. The van der Waals surface area contributed by atoms with Crippen molar-refractivity contribution < 1.29 is 8.42 Å². The van der Waals surface area contributed by atoms with Gasteiger partial charge in [0.1, 0.15) is 0 Å². The molecular weight excluding hydrogens is 248 g/mol. The third-order valence-corrected chi connectivity index (χ3v) is 5.11. The molecule has 0 heterocycles. The molecule has 0 aliphatic carbocycles. The van der Waals surface area contributed by atoms with Gasteiger partial charge in [-0.1, -0.05) is 12.1 Å². The quantitative estimate of drug-likeness (QED) is 0.891. The zero-order chi connectivity index (χ0) is 13.9. The number of anilines is 1. The number of nitrogens with zero attached hydrogens (tertiary/aromatic N) is 1. The van der Waals surface area contributed by atoms with Gasteiger partial charge in [-0.2, -0.15) is 0 Å². The number of hydrogen-bond donors (Lipinski definition) is 1. The standard InChI is InChI=1S/C13H22N2O2S/c1-10(2)15(18(16,17)11(3)4)13-7-5-6-12(8-13)9-14/h5-8,10-11H,9,14H2,1-4H3. The van der Waals surface area contributed by atoms with Crippen molar-refractivity contribution in [2.24, 2.45) is 5.73 Å². The monoisotopic (exact) mass is 270 g/mol. The van der Waals surface area contributed by atoms with Gasteiger partial charge in [0, 0.05) is 12.6 Å². The minimum Gasteiger partial charge on any atom is -0.326 e. The van der Waals surface area contributed by atoms with E-state index in [2.05, 4.69) is 0 Å². The molecule has 0 aromatic heterocycles. The minimum atomic E-state index is -3.32. The highest BCUT2D eigenvalue weighted by molar-refractivity contribution is 7.93. The molecule has 1 aromatic carbocycles. The summed E-state index contributed by atoms with van der Waals surface area (Å²) in [5.74, 6) is 0. The van der Waals surface area contributed by atoms with Gasteiger partial charge < -0.3 is 5.73 Å². The molecule has 2 N–H and O–H groups in total. The van der Waals surface area contributed by atoms with Crippen LogP contribution in [0.5, 0.6) is 0 Å². The van der Waals surface area contributed by atoms with Gasteiger partial charge in [0.2, 0.25) is 10.0 Å². The Labute approximate surface area is 110 Å². The summed E-state index contributed by atoms with van der Waals surface area (Å²) in [4.78, 5) is 0. The molecular formula is C13H22N2O2S. The molecule has 0 atom stereocenters. The molecule has 0 bridgehead atoms. The van der Waals surface area contributed by atoms with Crippen LogP contribution in [-0.4, -0.2) is 19.7 Å². The first-order valence-corrected chi connectivity index (χ1v) is 7.63. The molecule has 0 saturated carbocycles. The van der Waals surface area contributed by atoms with Crippen molar-refractivity contribution in [2.45, 2.75) is 45.5 Å². The Bertz CT molecular complexity index is 495. The lowest BCUT2D eigenvalue weighted by Crippen LogP contribution is -2.41. The van der Waals surface area contributed by atoms with Gasteiger partial charge in [0.05, 0.1) is 10.9 Å². The number of benzene rings is 1. The predicted octanol–water partition coefficient (Wildman–Crippen LogP) is 2.10. The third-order valence-electron chi connectivity index (χ3n) is 2.74. The maximum absolute atomic E-state index is 12.4. The summed E-state index contributed by atoms with van der Waals surface area (Å²) in [5.41, 5.74) is 7.21. The van der Waals surface area contributed by atoms with Crippen molar-refractivity contribution in [2.75, 3.05) is 4.31 Å². The zero-order valence-electron chi connectivity index (χ0n) is 11.4. The molecule has 0 aliphatic rings. The van der Waals surface area contributed by atoms with E-state index in [-0.39, 0.29) is 6.04 Å². The molecule has 18 heavy (non-hydrogen) atoms. The van der Waals surface area contributed by atoms with E-state index in [9.17, 15) is 8.42 Å². The molecule has 0 aliphatic heterocycles. The van der Waals surface area contributed by atoms with E-state index in [1.165, 1.54) is 4.31 Å². The lowest BCUT2D eigenvalue weighted by Gasteiger charge is -2.30. The molecule has 5 heteroatoms. The fourth-order valence-electron chi connectivity index (χ4n) is 1.79. The molecule has 4 nitrogen and oxygen atoms in total. The SMILES string of the molecule is CC(C)N(c1cccc(CN)c1)S(=O)(=O)C(C)C. The Morgan fingerprint density at radius 3 is 2.28 bits per heavy atom. The lowest BCUT2D eigenvalue weighted by atomic mass is 10.2. The van der Waals surface area contributed by atoms with Crippen LogP contribution in [0.25, 0.3) is 0 Å². The van der Waals surface area contributed by atoms with Crippen LogP contribution < -0.4 is 10.0 Å². The van der Waals surface area contributed by atoms with E-state index in [1.54, 1.807) is 19.9 Å². The molecule has 0 unspecified atom stereocenters. The summed E-state index contributed by atoms with van der Waals surface area (Å²) in [5, 5.41) is -0.443. The second-order valence-corrected chi connectivity index (χ2v) is 7.22. The van der Waals surface area contributed by atoms with Gasteiger partial charge in [-0.15, -0.1) is 0 Å². The summed E-state index contributed by atoms with van der Waals surface area (Å²) < 4.78 is 26.2. The van der Waals surface area contributed by atoms with Gasteiger partial charge in [0.15, 0.2) is 0 Å². The molecule has 0 amide bonds. The van der Waals surface area contributed by atoms with Crippen LogP contribution >= 0.6 is 0 Å². The van der Waals surface area contributed by atoms with Crippen LogP contribution in [0.2, 0.25) is 0 Å². The van der Waals surface area contributed by atoms with E-state index in [0.29, 0.717) is 12.2 Å². The highest BCUT2D eigenvalue weighted by Crippen LogP contribution is 2.24. The maximum atomic E-state index is 12.4. The first kappa shape index (κ1) is 15.0. The second-order valence-electron chi connectivity index (χ2n) is 4.86. The topological polar surface area (TPSA) is 63.4 Å². The van der Waals surface area contributed by atoms with Crippen molar-refractivity contribution in [1.29, 1.82) is 0 Å². The van der Waals surface area contributed by atoms with E-state index in [0.717, 1.165) is 5.56 Å². The highest BCUT2D eigenvalue weighted by atomic mass is 32.2. The highest BCUT2D eigenvalue weighted by Gasteiger charge is 2.28. The first-order valence-electron chi connectivity index (χ1n) is 6.13. The smallest absolute Gasteiger partial charge is 0.237 e. The Morgan fingerprint density at radius 2 is 1.83 bits per heavy atom. The van der Waals surface area contributed by atoms with Gasteiger partial charge in [-0.25, -0.2) is 8.42 Å². The summed E-state index contributed by atoms with van der Waals surface area (Å²) in [6.07, 6.45) is 0. The largest absolute Gasteiger partial charge is 0.326 e. The molecule has 0 saturated heterocycles. The molecule has 0 fully saturated rings. The summed E-state index contributed by atoms with van der Waals surface area (Å²) in [6.45, 7) is 7.53. The minimum absolute atomic E-state index is 0.120. The van der Waals surface area contributed by atoms with Crippen LogP contribution in [0.1, 0.15) is 33.3 Å². The van der Waals surface area contributed by atoms with Crippen molar-refractivity contribution >= 4 is 15.7 Å². The molecule has 0 spiro atoms. The van der Waals surface area contributed by atoms with Gasteiger partial charge >= 0.3 is 0 Å². The molecule has 0 radical (unpaired) electrons. The number of nitrogens with two attached hydrogens (primary N) is 1. The zero-order valence-corrected chi connectivity index (χ0v) is 12.2. The average Bonchev–Trinajstić information content (AvgIpc) is 2.28. The van der Waals surface area contributed by atoms with Crippen LogP contribution in [-0.2, 0) is 16.6 Å². The normalized spacial score (nSPS) is 12.2. The van der Waals surface area contributed by atoms with E-state index in [4.69, 9.17) is 5.73 Å². The third kappa shape index (κ3) is 3.03. The van der Waals surface area contributed by atoms with Crippen molar-refractivity contribution in [3.63, 3.8) is 0 Å². The van der Waals surface area contributed by atoms with Crippen molar-refractivity contribution in [3.8, 4) is 0 Å². The van der Waals surface area contributed by atoms with E-state index >= 15 is 0 Å². The Hall–Kier alpha value is -1.07. The van der Waals surface area contributed by atoms with Gasteiger partial charge in [0.25, 0.3) is 0 Å². The molecule has 1 aromatic rings.